The van der Waals surface area contributed by atoms with E-state index in [1.54, 1.807) is 0 Å². The van der Waals surface area contributed by atoms with Crippen LogP contribution in [0.4, 0.5) is 0 Å². The van der Waals surface area contributed by atoms with Crippen molar-refractivity contribution in [1.82, 2.24) is 0 Å². The van der Waals surface area contributed by atoms with Gasteiger partial charge in [0.05, 0.1) is 0 Å². The molecule has 0 aliphatic rings. The van der Waals surface area contributed by atoms with Gasteiger partial charge in [-0.2, -0.15) is 69.8 Å². The zero-order valence-electron chi connectivity index (χ0n) is 12.9. The fourth-order valence-corrected chi connectivity index (χ4v) is 2.22. The summed E-state index contributed by atoms with van der Waals surface area (Å²) in [5, 5.41) is 0. The van der Waals surface area contributed by atoms with Crippen molar-refractivity contribution in [3.8, 4) is 0 Å². The van der Waals surface area contributed by atoms with Gasteiger partial charge in [-0.05, 0) is 0 Å². The van der Waals surface area contributed by atoms with Crippen molar-refractivity contribution in [1.29, 1.82) is 0 Å². The van der Waals surface area contributed by atoms with E-state index in [1.807, 2.05) is 0 Å². The van der Waals surface area contributed by atoms with Crippen LogP contribution in [0.15, 0.2) is 24.3 Å². The molecule has 0 nitrogen and oxygen atoms in total. The van der Waals surface area contributed by atoms with Gasteiger partial charge in [0.15, 0.2) is 0 Å². The van der Waals surface area contributed by atoms with Crippen LogP contribution in [0.25, 0.3) is 0 Å². The van der Waals surface area contributed by atoms with E-state index < -0.39 is 0 Å². The molecule has 0 aromatic heterocycles. The topological polar surface area (TPSA) is 0 Å². The first-order chi connectivity index (χ1) is 8.36. The maximum Gasteiger partial charge on any atom is 0 e. The van der Waals surface area contributed by atoms with Gasteiger partial charge < -0.3 is 0 Å². The van der Waals surface area contributed by atoms with E-state index in [4.69, 9.17) is 0 Å². The van der Waals surface area contributed by atoms with E-state index in [0.29, 0.717) is 0 Å². The molecule has 0 saturated carbocycles. The van der Waals surface area contributed by atoms with Crippen LogP contribution in [0.5, 0.6) is 0 Å². The molecule has 2 aromatic rings. The Bertz CT molecular complexity index is 377. The Balaban J connectivity index is 0.000000324. The van der Waals surface area contributed by atoms with Crippen molar-refractivity contribution in [2.24, 2.45) is 0 Å². The molecule has 0 aliphatic heterocycles. The van der Waals surface area contributed by atoms with Crippen molar-refractivity contribution < 1.29 is 32.7 Å². The van der Waals surface area contributed by atoms with E-state index in [1.165, 1.54) is 33.4 Å². The zero-order valence-corrected chi connectivity index (χ0v) is 15.7. The van der Waals surface area contributed by atoms with Gasteiger partial charge in [-0.25, -0.2) is 0 Å². The molecule has 99 valence electrons. The molecule has 2 aromatic carbocycles. The minimum Gasteiger partial charge on any atom is -0.177 e. The normalized spacial score (nSPS) is 9.16. The average molecular weight is 327 g/mol. The van der Waals surface area contributed by atoms with Crippen LogP contribution >= 0.6 is 0 Å². The summed E-state index contributed by atoms with van der Waals surface area (Å²) in [7, 11) is 0. The quantitative estimate of drug-likeness (QED) is 0.609. The third-order valence-electron chi connectivity index (χ3n) is 2.57. The summed E-state index contributed by atoms with van der Waals surface area (Å²) < 4.78 is 0. The molecular formula is C18H22Y-2. The monoisotopic (exact) mass is 327 g/mol. The summed E-state index contributed by atoms with van der Waals surface area (Å²) in [4.78, 5) is 0. The van der Waals surface area contributed by atoms with Crippen LogP contribution in [0.2, 0.25) is 0 Å². The van der Waals surface area contributed by atoms with Crippen LogP contribution in [0.1, 0.15) is 33.4 Å². The molecule has 1 radical (unpaired) electrons. The minimum absolute atomic E-state index is 0. The van der Waals surface area contributed by atoms with Gasteiger partial charge in [0.2, 0.25) is 0 Å². The minimum atomic E-state index is 0. The number of benzene rings is 2. The van der Waals surface area contributed by atoms with Gasteiger partial charge >= 0.3 is 0 Å². The van der Waals surface area contributed by atoms with E-state index in [-0.39, 0.29) is 32.7 Å². The van der Waals surface area contributed by atoms with Gasteiger partial charge in [0, 0.05) is 32.7 Å². The second-order valence-corrected chi connectivity index (χ2v) is 5.05. The maximum atomic E-state index is 3.21. The summed E-state index contributed by atoms with van der Waals surface area (Å²) in [5.41, 5.74) is 7.56. The molecule has 0 heterocycles. The number of hydrogen-bond acceptors (Lipinski definition) is 0. The van der Waals surface area contributed by atoms with E-state index in [0.717, 1.165) is 0 Å². The smallest absolute Gasteiger partial charge is 0 e. The Morgan fingerprint density at radius 1 is 0.526 bits per heavy atom. The number of hydrogen-bond donors (Lipinski definition) is 0. The largest absolute Gasteiger partial charge is 0.177 e. The summed E-state index contributed by atoms with van der Waals surface area (Å²) >= 11 is 0. The molecule has 0 saturated heterocycles. The standard InChI is InChI=1S/2C9H11.Y/c2*1-7-4-8(2)6-9(3)5-7;/h2*4-5H,1-3H3;/q2*-1;. The van der Waals surface area contributed by atoms with E-state index in [2.05, 4.69) is 77.9 Å². The molecule has 0 aliphatic carbocycles. The van der Waals surface area contributed by atoms with E-state index in [9.17, 15) is 0 Å². The summed E-state index contributed by atoms with van der Waals surface area (Å²) in [5.74, 6) is 0. The molecule has 19 heavy (non-hydrogen) atoms. The third-order valence-corrected chi connectivity index (χ3v) is 2.57. The molecule has 0 amide bonds. The third kappa shape index (κ3) is 7.65. The average Bonchev–Trinajstić information content (AvgIpc) is 2.12. The molecule has 0 unspecified atom stereocenters. The Morgan fingerprint density at radius 3 is 0.895 bits per heavy atom. The fourth-order valence-electron chi connectivity index (χ4n) is 2.22. The first-order valence-corrected chi connectivity index (χ1v) is 6.31. The van der Waals surface area contributed by atoms with Crippen molar-refractivity contribution in [2.75, 3.05) is 0 Å². The van der Waals surface area contributed by atoms with Gasteiger partial charge in [0.1, 0.15) is 0 Å². The summed E-state index contributed by atoms with van der Waals surface area (Å²) in [6.45, 7) is 12.5. The number of aryl methyl sites for hydroxylation is 6. The first-order valence-electron chi connectivity index (χ1n) is 6.31. The van der Waals surface area contributed by atoms with Crippen molar-refractivity contribution >= 4 is 0 Å². The predicted molar refractivity (Wildman–Crippen MR) is 79.0 cm³/mol. The maximum absolute atomic E-state index is 3.21. The first kappa shape index (κ1) is 18.5. The second kappa shape index (κ2) is 8.66. The van der Waals surface area contributed by atoms with Gasteiger partial charge in [-0.15, -0.1) is 0 Å². The Hall–Kier alpha value is -0.456. The van der Waals surface area contributed by atoms with Crippen molar-refractivity contribution in [2.45, 2.75) is 41.5 Å². The molecule has 1 heteroatoms. The Morgan fingerprint density at radius 2 is 0.737 bits per heavy atom. The van der Waals surface area contributed by atoms with Crippen molar-refractivity contribution in [3.63, 3.8) is 0 Å². The fraction of sp³-hybridized carbons (Fsp3) is 0.333. The predicted octanol–water partition coefficient (Wildman–Crippen LogP) is 4.82. The van der Waals surface area contributed by atoms with Crippen LogP contribution < -0.4 is 0 Å². The van der Waals surface area contributed by atoms with Crippen LogP contribution in [0, 0.1) is 53.7 Å². The van der Waals surface area contributed by atoms with Crippen LogP contribution in [-0.2, 0) is 32.7 Å². The number of rotatable bonds is 0. The Kier molecular flexibility index (Phi) is 8.45. The molecule has 0 bridgehead atoms. The Labute approximate surface area is 143 Å². The van der Waals surface area contributed by atoms with Crippen LogP contribution in [0.3, 0.4) is 0 Å². The second-order valence-electron chi connectivity index (χ2n) is 5.05. The van der Waals surface area contributed by atoms with Gasteiger partial charge in [0.25, 0.3) is 0 Å². The van der Waals surface area contributed by atoms with Crippen molar-refractivity contribution in [3.05, 3.63) is 69.8 Å². The van der Waals surface area contributed by atoms with Gasteiger partial charge in [-0.1, -0.05) is 41.5 Å². The summed E-state index contributed by atoms with van der Waals surface area (Å²) in [6.07, 6.45) is 0. The zero-order chi connectivity index (χ0) is 13.7. The molecular weight excluding hydrogens is 305 g/mol. The molecule has 0 spiro atoms. The van der Waals surface area contributed by atoms with Crippen LogP contribution in [-0.4, -0.2) is 0 Å². The molecule has 0 N–H and O–H groups in total. The summed E-state index contributed by atoms with van der Waals surface area (Å²) in [6, 6.07) is 14.9. The molecule has 0 fully saturated rings. The molecule has 0 atom stereocenters. The van der Waals surface area contributed by atoms with E-state index >= 15 is 0 Å². The van der Waals surface area contributed by atoms with Gasteiger partial charge in [-0.3, -0.25) is 0 Å². The SMILES string of the molecule is Cc1[c-]c(C)cc(C)c1.Cc1[c-]c(C)cc(C)c1.[Y]. The molecule has 2 rings (SSSR count).